The van der Waals surface area contributed by atoms with Crippen molar-refractivity contribution < 1.29 is 13.6 Å². The van der Waals surface area contributed by atoms with Crippen LogP contribution in [0.3, 0.4) is 0 Å². The summed E-state index contributed by atoms with van der Waals surface area (Å²) in [6, 6.07) is 3.06. The SMILES string of the molecule is CN(C)c1nc(CNC(=O)/C=C/c2cc(F)ccc2F)nc(N2CCCC2)n1. The number of nitrogens with zero attached hydrogens (tertiary/aromatic N) is 5. The summed E-state index contributed by atoms with van der Waals surface area (Å²) in [5, 5.41) is 2.66. The van der Waals surface area contributed by atoms with E-state index in [-0.39, 0.29) is 12.1 Å². The third kappa shape index (κ3) is 4.99. The van der Waals surface area contributed by atoms with Crippen molar-refractivity contribution in [1.82, 2.24) is 20.3 Å². The zero-order valence-corrected chi connectivity index (χ0v) is 15.8. The van der Waals surface area contributed by atoms with Crippen LogP contribution in [0.4, 0.5) is 20.7 Å². The normalized spacial score (nSPS) is 13.9. The minimum Gasteiger partial charge on any atom is -0.347 e. The third-order valence-corrected chi connectivity index (χ3v) is 4.24. The fraction of sp³-hybridized carbons (Fsp3) is 0.368. The van der Waals surface area contributed by atoms with Crippen LogP contribution in [-0.2, 0) is 11.3 Å². The summed E-state index contributed by atoms with van der Waals surface area (Å²) in [7, 11) is 3.67. The number of halogens is 2. The summed E-state index contributed by atoms with van der Waals surface area (Å²) < 4.78 is 26.8. The van der Waals surface area contributed by atoms with E-state index in [0.717, 1.165) is 50.2 Å². The van der Waals surface area contributed by atoms with Crippen LogP contribution in [0.15, 0.2) is 24.3 Å². The Bertz CT molecular complexity index is 881. The lowest BCUT2D eigenvalue weighted by Crippen LogP contribution is -2.26. The van der Waals surface area contributed by atoms with Gasteiger partial charge in [0.05, 0.1) is 6.54 Å². The van der Waals surface area contributed by atoms with Gasteiger partial charge < -0.3 is 15.1 Å². The average molecular weight is 388 g/mol. The molecule has 1 N–H and O–H groups in total. The van der Waals surface area contributed by atoms with Crippen molar-refractivity contribution in [2.75, 3.05) is 37.0 Å². The molecule has 1 amide bonds. The van der Waals surface area contributed by atoms with E-state index < -0.39 is 17.5 Å². The highest BCUT2D eigenvalue weighted by Crippen LogP contribution is 2.18. The Hall–Kier alpha value is -3.10. The van der Waals surface area contributed by atoms with Gasteiger partial charge in [-0.25, -0.2) is 8.78 Å². The number of aromatic nitrogens is 3. The number of carbonyl (C=O) groups is 1. The molecule has 0 saturated carbocycles. The van der Waals surface area contributed by atoms with Gasteiger partial charge in [-0.15, -0.1) is 0 Å². The first-order valence-electron chi connectivity index (χ1n) is 9.00. The van der Waals surface area contributed by atoms with Crippen molar-refractivity contribution >= 4 is 23.9 Å². The predicted octanol–water partition coefficient (Wildman–Crippen LogP) is 2.15. The summed E-state index contributed by atoms with van der Waals surface area (Å²) in [5.74, 6) is -0.0973. The third-order valence-electron chi connectivity index (χ3n) is 4.24. The Labute approximate surface area is 162 Å². The maximum absolute atomic E-state index is 13.6. The minimum absolute atomic E-state index is 0.00141. The number of benzene rings is 1. The topological polar surface area (TPSA) is 74.2 Å². The lowest BCUT2D eigenvalue weighted by atomic mass is 10.2. The molecule has 0 unspecified atom stereocenters. The molecule has 0 radical (unpaired) electrons. The molecule has 2 aromatic rings. The number of anilines is 2. The smallest absolute Gasteiger partial charge is 0.244 e. The van der Waals surface area contributed by atoms with Gasteiger partial charge in [0.25, 0.3) is 0 Å². The van der Waals surface area contributed by atoms with Crippen molar-refractivity contribution in [3.63, 3.8) is 0 Å². The number of carbonyl (C=O) groups excluding carboxylic acids is 1. The van der Waals surface area contributed by atoms with Crippen LogP contribution in [-0.4, -0.2) is 48.0 Å². The Morgan fingerprint density at radius 3 is 2.68 bits per heavy atom. The van der Waals surface area contributed by atoms with Crippen LogP contribution < -0.4 is 15.1 Å². The van der Waals surface area contributed by atoms with E-state index in [9.17, 15) is 13.6 Å². The van der Waals surface area contributed by atoms with Crippen LogP contribution in [0.2, 0.25) is 0 Å². The zero-order valence-electron chi connectivity index (χ0n) is 15.8. The second-order valence-corrected chi connectivity index (χ2v) is 6.66. The van der Waals surface area contributed by atoms with Gasteiger partial charge in [-0.1, -0.05) is 0 Å². The Morgan fingerprint density at radius 1 is 1.21 bits per heavy atom. The molecule has 2 heterocycles. The van der Waals surface area contributed by atoms with Gasteiger partial charge in [0.1, 0.15) is 11.6 Å². The Balaban J connectivity index is 1.68. The molecule has 1 fully saturated rings. The van der Waals surface area contributed by atoms with Gasteiger partial charge in [0.2, 0.25) is 17.8 Å². The van der Waals surface area contributed by atoms with Crippen LogP contribution in [0.1, 0.15) is 24.2 Å². The number of amides is 1. The standard InChI is InChI=1S/C19H22F2N6O/c1-26(2)18-23-16(24-19(25-18)27-9-3-4-10-27)12-22-17(28)8-5-13-11-14(20)6-7-15(13)21/h5-8,11H,3-4,9-10,12H2,1-2H3,(H,22,28)/b8-5+. The summed E-state index contributed by atoms with van der Waals surface area (Å²) in [4.78, 5) is 29.2. The molecule has 3 rings (SSSR count). The molecule has 7 nitrogen and oxygen atoms in total. The van der Waals surface area contributed by atoms with Crippen molar-refractivity contribution in [1.29, 1.82) is 0 Å². The van der Waals surface area contributed by atoms with E-state index >= 15 is 0 Å². The highest BCUT2D eigenvalue weighted by Gasteiger charge is 2.18. The number of hydrogen-bond acceptors (Lipinski definition) is 6. The van der Waals surface area contributed by atoms with Crippen LogP contribution in [0.25, 0.3) is 6.08 Å². The van der Waals surface area contributed by atoms with E-state index in [1.54, 1.807) is 4.90 Å². The second kappa shape index (κ2) is 8.73. The van der Waals surface area contributed by atoms with Crippen molar-refractivity contribution in [2.24, 2.45) is 0 Å². The molecule has 28 heavy (non-hydrogen) atoms. The van der Waals surface area contributed by atoms with E-state index in [4.69, 9.17) is 0 Å². The quantitative estimate of drug-likeness (QED) is 0.765. The molecule has 9 heteroatoms. The molecule has 1 aliphatic heterocycles. The number of hydrogen-bond donors (Lipinski definition) is 1. The summed E-state index contributed by atoms with van der Waals surface area (Å²) >= 11 is 0. The highest BCUT2D eigenvalue weighted by molar-refractivity contribution is 5.91. The molecular weight excluding hydrogens is 366 g/mol. The zero-order chi connectivity index (χ0) is 20.1. The Kier molecular flexibility index (Phi) is 6.13. The first-order valence-corrected chi connectivity index (χ1v) is 9.00. The van der Waals surface area contributed by atoms with Crippen LogP contribution in [0, 0.1) is 11.6 Å². The Morgan fingerprint density at radius 2 is 1.96 bits per heavy atom. The maximum atomic E-state index is 13.6. The largest absolute Gasteiger partial charge is 0.347 e. The average Bonchev–Trinajstić information content (AvgIpc) is 3.21. The lowest BCUT2D eigenvalue weighted by molar-refractivity contribution is -0.116. The van der Waals surface area contributed by atoms with E-state index in [1.165, 1.54) is 6.08 Å². The predicted molar refractivity (Wildman–Crippen MR) is 103 cm³/mol. The first kappa shape index (κ1) is 19.7. The molecule has 1 saturated heterocycles. The molecule has 1 aromatic heterocycles. The van der Waals surface area contributed by atoms with E-state index in [2.05, 4.69) is 25.2 Å². The lowest BCUT2D eigenvalue weighted by Gasteiger charge is -2.18. The van der Waals surface area contributed by atoms with Crippen molar-refractivity contribution in [2.45, 2.75) is 19.4 Å². The van der Waals surface area contributed by atoms with Crippen molar-refractivity contribution in [3.8, 4) is 0 Å². The maximum Gasteiger partial charge on any atom is 0.244 e. The summed E-state index contributed by atoms with van der Waals surface area (Å²) in [6.07, 6.45) is 4.56. The fourth-order valence-corrected chi connectivity index (χ4v) is 2.77. The van der Waals surface area contributed by atoms with Crippen LogP contribution >= 0.6 is 0 Å². The molecule has 0 spiro atoms. The van der Waals surface area contributed by atoms with Gasteiger partial charge in [0.15, 0.2) is 5.82 Å². The van der Waals surface area contributed by atoms with Crippen molar-refractivity contribution in [3.05, 3.63) is 47.3 Å². The fourth-order valence-electron chi connectivity index (χ4n) is 2.77. The van der Waals surface area contributed by atoms with Gasteiger partial charge in [-0.05, 0) is 37.1 Å². The summed E-state index contributed by atoms with van der Waals surface area (Å²) in [6.45, 7) is 1.88. The number of nitrogens with one attached hydrogen (secondary N) is 1. The van der Waals surface area contributed by atoms with Gasteiger partial charge in [-0.2, -0.15) is 15.0 Å². The van der Waals surface area contributed by atoms with E-state index in [0.29, 0.717) is 17.7 Å². The molecule has 0 bridgehead atoms. The van der Waals surface area contributed by atoms with Crippen LogP contribution in [0.5, 0.6) is 0 Å². The van der Waals surface area contributed by atoms with Gasteiger partial charge >= 0.3 is 0 Å². The van der Waals surface area contributed by atoms with Gasteiger partial charge in [-0.3, -0.25) is 4.79 Å². The summed E-state index contributed by atoms with van der Waals surface area (Å²) in [5.41, 5.74) is 0.00141. The van der Waals surface area contributed by atoms with Gasteiger partial charge in [0, 0.05) is 38.8 Å². The molecule has 1 aromatic carbocycles. The molecule has 148 valence electrons. The second-order valence-electron chi connectivity index (χ2n) is 6.66. The molecular formula is C19H22F2N6O. The first-order chi connectivity index (χ1) is 13.4. The van der Waals surface area contributed by atoms with E-state index in [1.807, 2.05) is 14.1 Å². The molecule has 1 aliphatic rings. The minimum atomic E-state index is -0.603. The number of rotatable bonds is 6. The highest BCUT2D eigenvalue weighted by atomic mass is 19.1. The molecule has 0 aliphatic carbocycles. The monoisotopic (exact) mass is 388 g/mol. The molecule has 0 atom stereocenters.